The van der Waals surface area contributed by atoms with Crippen molar-refractivity contribution in [2.24, 2.45) is 7.05 Å². The molecule has 30 heavy (non-hydrogen) atoms. The molecule has 2 aromatic heterocycles. The fourth-order valence-corrected chi connectivity index (χ4v) is 4.28. The molecule has 0 fully saturated rings. The van der Waals surface area contributed by atoms with Gasteiger partial charge in [0.25, 0.3) is 0 Å². The summed E-state index contributed by atoms with van der Waals surface area (Å²) in [6, 6.07) is 7.36. The zero-order chi connectivity index (χ0) is 21.8. The Morgan fingerprint density at radius 3 is 2.43 bits per heavy atom. The van der Waals surface area contributed by atoms with Crippen LogP contribution in [0.4, 0.5) is 5.13 Å². The summed E-state index contributed by atoms with van der Waals surface area (Å²) in [6.45, 7) is 7.65. The highest BCUT2D eigenvalue weighted by atomic mass is 32.2. The molecule has 2 unspecified atom stereocenters. The van der Waals surface area contributed by atoms with Crippen molar-refractivity contribution in [1.29, 1.82) is 0 Å². The molecule has 3 rings (SSSR count). The van der Waals surface area contributed by atoms with Gasteiger partial charge in [-0.3, -0.25) is 4.79 Å². The number of aryl methyl sites for hydroxylation is 2. The molecule has 0 aliphatic rings. The Labute approximate surface area is 184 Å². The number of carbonyl (C=O) groups excluding carboxylic acids is 1. The van der Waals surface area contributed by atoms with Crippen LogP contribution in [0.5, 0.6) is 11.5 Å². The lowest BCUT2D eigenvalue weighted by Gasteiger charge is -2.15. The van der Waals surface area contributed by atoms with E-state index >= 15 is 0 Å². The Balaban J connectivity index is 1.62. The Bertz CT molecular complexity index is 997. The third kappa shape index (κ3) is 5.11. The molecule has 0 bridgehead atoms. The third-order valence-corrected chi connectivity index (χ3v) is 6.64. The van der Waals surface area contributed by atoms with E-state index in [9.17, 15) is 4.79 Å². The molecular formula is C20H25N5O3S2. The minimum Gasteiger partial charge on any atom is -0.497 e. The zero-order valence-corrected chi connectivity index (χ0v) is 19.4. The number of amides is 1. The van der Waals surface area contributed by atoms with Gasteiger partial charge in [0.15, 0.2) is 22.2 Å². The summed E-state index contributed by atoms with van der Waals surface area (Å²) in [5.41, 5.74) is 0.930. The van der Waals surface area contributed by atoms with Crippen LogP contribution in [0.1, 0.15) is 36.3 Å². The standard InChI is InChI=1S/C20H25N5O3S2/c1-11-13(3)29-19(21-11)22-18(26)14(4)30-20-24-23-17(25(20)5)12(2)28-16-9-7-15(27-6)8-10-16/h7-10,12,14H,1-6H3,(H,21,22,26). The maximum atomic E-state index is 12.5. The van der Waals surface area contributed by atoms with Crippen molar-refractivity contribution in [2.45, 2.75) is 44.2 Å². The molecule has 0 saturated carbocycles. The number of aromatic nitrogens is 4. The molecule has 3 aromatic rings. The Morgan fingerprint density at radius 1 is 1.17 bits per heavy atom. The number of thioether (sulfide) groups is 1. The van der Waals surface area contributed by atoms with Crippen molar-refractivity contribution in [2.75, 3.05) is 12.4 Å². The van der Waals surface area contributed by atoms with Gasteiger partial charge in [0, 0.05) is 11.9 Å². The lowest BCUT2D eigenvalue weighted by Crippen LogP contribution is -2.22. The molecule has 1 aromatic carbocycles. The average Bonchev–Trinajstić information content (AvgIpc) is 3.23. The highest BCUT2D eigenvalue weighted by molar-refractivity contribution is 8.00. The molecule has 2 heterocycles. The van der Waals surface area contributed by atoms with Crippen molar-refractivity contribution < 1.29 is 14.3 Å². The first-order chi connectivity index (χ1) is 14.3. The lowest BCUT2D eigenvalue weighted by molar-refractivity contribution is -0.115. The second kappa shape index (κ2) is 9.48. The predicted molar refractivity (Wildman–Crippen MR) is 119 cm³/mol. The van der Waals surface area contributed by atoms with Gasteiger partial charge in [-0.15, -0.1) is 21.5 Å². The highest BCUT2D eigenvalue weighted by Crippen LogP contribution is 2.28. The second-order valence-electron chi connectivity index (χ2n) is 6.75. The van der Waals surface area contributed by atoms with Crippen LogP contribution in [0, 0.1) is 13.8 Å². The Hall–Kier alpha value is -2.59. The van der Waals surface area contributed by atoms with Crippen LogP contribution in [0.2, 0.25) is 0 Å². The number of rotatable bonds is 8. The van der Waals surface area contributed by atoms with Gasteiger partial charge in [0.1, 0.15) is 11.5 Å². The largest absolute Gasteiger partial charge is 0.497 e. The van der Waals surface area contributed by atoms with Crippen LogP contribution in [0.25, 0.3) is 0 Å². The SMILES string of the molecule is COc1ccc(OC(C)c2nnc(SC(C)C(=O)Nc3nc(C)c(C)s3)n2C)cc1. The normalized spacial score (nSPS) is 13.0. The molecule has 160 valence electrons. The minimum absolute atomic E-state index is 0.124. The van der Waals surface area contributed by atoms with Crippen LogP contribution in [0.15, 0.2) is 29.4 Å². The molecule has 0 spiro atoms. The van der Waals surface area contributed by atoms with Gasteiger partial charge in [0.05, 0.1) is 18.1 Å². The number of thiazole rings is 1. The van der Waals surface area contributed by atoms with E-state index in [1.54, 1.807) is 7.11 Å². The summed E-state index contributed by atoms with van der Waals surface area (Å²) in [5.74, 6) is 2.03. The fraction of sp³-hybridized carbons (Fsp3) is 0.400. The maximum Gasteiger partial charge on any atom is 0.239 e. The molecular weight excluding hydrogens is 422 g/mol. The molecule has 1 N–H and O–H groups in total. The second-order valence-corrected chi connectivity index (χ2v) is 9.26. The smallest absolute Gasteiger partial charge is 0.239 e. The predicted octanol–water partition coefficient (Wildman–Crippen LogP) is 4.16. The van der Waals surface area contributed by atoms with E-state index in [1.165, 1.54) is 23.1 Å². The number of hydrogen-bond donors (Lipinski definition) is 1. The van der Waals surface area contributed by atoms with Gasteiger partial charge in [0.2, 0.25) is 5.91 Å². The summed E-state index contributed by atoms with van der Waals surface area (Å²) in [5, 5.41) is 12.3. The fourth-order valence-electron chi connectivity index (χ4n) is 2.64. The molecule has 10 heteroatoms. The van der Waals surface area contributed by atoms with E-state index in [0.29, 0.717) is 21.9 Å². The average molecular weight is 448 g/mol. The molecule has 8 nitrogen and oxygen atoms in total. The van der Waals surface area contributed by atoms with E-state index in [0.717, 1.165) is 16.3 Å². The Morgan fingerprint density at radius 2 is 1.83 bits per heavy atom. The third-order valence-electron chi connectivity index (χ3n) is 4.51. The van der Waals surface area contributed by atoms with Crippen molar-refractivity contribution >= 4 is 34.1 Å². The van der Waals surface area contributed by atoms with Crippen molar-refractivity contribution in [3.8, 4) is 11.5 Å². The highest BCUT2D eigenvalue weighted by Gasteiger charge is 2.22. The van der Waals surface area contributed by atoms with Crippen LogP contribution in [0.3, 0.4) is 0 Å². The summed E-state index contributed by atoms with van der Waals surface area (Å²) >= 11 is 2.81. The minimum atomic E-state index is -0.358. The van der Waals surface area contributed by atoms with Gasteiger partial charge in [-0.1, -0.05) is 11.8 Å². The number of ether oxygens (including phenoxy) is 2. The van der Waals surface area contributed by atoms with E-state index in [4.69, 9.17) is 9.47 Å². The van der Waals surface area contributed by atoms with Crippen LogP contribution >= 0.6 is 23.1 Å². The monoisotopic (exact) mass is 447 g/mol. The number of carbonyl (C=O) groups is 1. The van der Waals surface area contributed by atoms with E-state index in [-0.39, 0.29) is 17.3 Å². The van der Waals surface area contributed by atoms with Gasteiger partial charge in [-0.2, -0.15) is 0 Å². The summed E-state index contributed by atoms with van der Waals surface area (Å²) in [4.78, 5) is 18.0. The summed E-state index contributed by atoms with van der Waals surface area (Å²) in [7, 11) is 3.49. The van der Waals surface area contributed by atoms with Crippen molar-refractivity contribution in [1.82, 2.24) is 19.7 Å². The molecule has 0 aliphatic heterocycles. The number of nitrogens with zero attached hydrogens (tertiary/aromatic N) is 4. The number of anilines is 1. The van der Waals surface area contributed by atoms with Crippen LogP contribution in [-0.2, 0) is 11.8 Å². The van der Waals surface area contributed by atoms with Gasteiger partial charge < -0.3 is 19.4 Å². The van der Waals surface area contributed by atoms with Crippen LogP contribution < -0.4 is 14.8 Å². The number of benzene rings is 1. The quantitative estimate of drug-likeness (QED) is 0.519. The lowest BCUT2D eigenvalue weighted by atomic mass is 10.3. The topological polar surface area (TPSA) is 91.2 Å². The first-order valence-corrected chi connectivity index (χ1v) is 11.1. The number of hydrogen-bond acceptors (Lipinski definition) is 8. The van der Waals surface area contributed by atoms with Crippen molar-refractivity contribution in [3.05, 3.63) is 40.7 Å². The first kappa shape index (κ1) is 22.1. The van der Waals surface area contributed by atoms with Crippen LogP contribution in [-0.4, -0.2) is 38.0 Å². The summed E-state index contributed by atoms with van der Waals surface area (Å²) in [6.07, 6.45) is -0.310. The molecule has 1 amide bonds. The van der Waals surface area contributed by atoms with Gasteiger partial charge >= 0.3 is 0 Å². The summed E-state index contributed by atoms with van der Waals surface area (Å²) < 4.78 is 13.0. The Kier molecular flexibility index (Phi) is 6.99. The molecule has 0 aliphatic carbocycles. The van der Waals surface area contributed by atoms with E-state index in [2.05, 4.69) is 20.5 Å². The molecule has 0 saturated heterocycles. The van der Waals surface area contributed by atoms with Gasteiger partial charge in [-0.25, -0.2) is 4.98 Å². The zero-order valence-electron chi connectivity index (χ0n) is 17.8. The maximum absolute atomic E-state index is 12.5. The van der Waals surface area contributed by atoms with E-state index in [1.807, 2.05) is 63.6 Å². The first-order valence-electron chi connectivity index (χ1n) is 9.40. The number of methoxy groups -OCH3 is 1. The van der Waals surface area contributed by atoms with E-state index < -0.39 is 0 Å². The van der Waals surface area contributed by atoms with Gasteiger partial charge in [-0.05, 0) is 52.0 Å². The molecule has 0 radical (unpaired) electrons. The number of nitrogens with one attached hydrogen (secondary N) is 1. The van der Waals surface area contributed by atoms with Crippen molar-refractivity contribution in [3.63, 3.8) is 0 Å². The molecule has 2 atom stereocenters.